The van der Waals surface area contributed by atoms with Gasteiger partial charge in [-0.15, -0.1) is 5.11 Å². The molecule has 16 N–H and O–H groups in total. The third kappa shape index (κ3) is 39.4. The zero-order chi connectivity index (χ0) is 103. The average Bonchev–Trinajstić information content (AvgIpc) is 1.65. The second-order valence-corrected chi connectivity index (χ2v) is 33.8. The second kappa shape index (κ2) is 62.9. The van der Waals surface area contributed by atoms with Crippen LogP contribution in [-0.2, 0) is 4.79 Å². The van der Waals surface area contributed by atoms with E-state index in [-0.39, 0.29) is 184 Å². The van der Waals surface area contributed by atoms with Crippen molar-refractivity contribution in [3.05, 3.63) is 248 Å². The lowest BCUT2D eigenvalue weighted by Crippen LogP contribution is -2.49. The van der Waals surface area contributed by atoms with Crippen LogP contribution in [0, 0.1) is 18.2 Å². The molecular formula is C95H159FN38O13. The number of nitrogens with two attached hydrogens (primary N) is 4. The number of amides is 1. The van der Waals surface area contributed by atoms with Crippen LogP contribution in [0.4, 0.5) is 33.5 Å². The van der Waals surface area contributed by atoms with Gasteiger partial charge in [-0.3, -0.25) is 91.6 Å². The Labute approximate surface area is 853 Å². The lowest BCUT2D eigenvalue weighted by molar-refractivity contribution is -0.119. The first-order valence-electron chi connectivity index (χ1n) is 43.8. The quantitative estimate of drug-likeness (QED) is 0.0481. The topological polar surface area (TPSA) is 697 Å². The molecule has 1 fully saturated rings. The molecule has 3 aliphatic rings. The average molecular weight is 2060 g/mol. The summed E-state index contributed by atoms with van der Waals surface area (Å²) in [6, 6.07) is 6.04. The number of aryl methyl sites for hydroxylation is 1. The summed E-state index contributed by atoms with van der Waals surface area (Å²) in [7, 11) is 0. The highest BCUT2D eigenvalue weighted by Crippen LogP contribution is 2.28. The van der Waals surface area contributed by atoms with Gasteiger partial charge in [0, 0.05) is 109 Å². The molecular weight excluding hydrogens is 1900 g/mol. The molecule has 0 bridgehead atoms. The largest absolute Gasteiger partial charge is 0.397 e. The maximum absolute atomic E-state index is 12.6. The van der Waals surface area contributed by atoms with Crippen LogP contribution in [0.25, 0.3) is 39.6 Å². The zero-order valence-electron chi connectivity index (χ0n) is 81.4. The lowest BCUT2D eigenvalue weighted by atomic mass is 10.2. The molecule has 1 unspecified atom stereocenters. The number of H-pyrrole nitrogens is 5. The van der Waals surface area contributed by atoms with Crippen LogP contribution < -0.4 is 101 Å². The first-order valence-corrected chi connectivity index (χ1v) is 43.8. The van der Waals surface area contributed by atoms with Crippen molar-refractivity contribution in [3.8, 4) is 0 Å². The summed E-state index contributed by atoms with van der Waals surface area (Å²) in [6.45, 7) is 45.9. The van der Waals surface area contributed by atoms with Gasteiger partial charge in [-0.25, -0.2) is 88.2 Å². The molecule has 52 heteroatoms. The summed E-state index contributed by atoms with van der Waals surface area (Å²) in [6.07, 6.45) is 25.9. The predicted octanol–water partition coefficient (Wildman–Crippen LogP) is 11.9. The predicted molar refractivity (Wildman–Crippen MR) is 584 cm³/mol. The number of amidine groups is 1. The number of nitrogens with zero attached hydrogens (tertiary/aromatic N) is 26. The summed E-state index contributed by atoms with van der Waals surface area (Å²) in [5, 5.41) is 22.1. The number of fused-ring (bicyclic) bond motifs is 4. The Morgan fingerprint density at radius 1 is 0.429 bits per heavy atom. The smallest absolute Gasteiger partial charge is 0.352 e. The Hall–Kier alpha value is -16.4. The van der Waals surface area contributed by atoms with Gasteiger partial charge >= 0.3 is 45.5 Å². The number of imidazole rings is 3. The summed E-state index contributed by atoms with van der Waals surface area (Å²) in [5.41, 5.74) is 23.2. The minimum absolute atomic E-state index is 0. The molecule has 0 aromatic carbocycles. The van der Waals surface area contributed by atoms with Crippen molar-refractivity contribution in [2.75, 3.05) is 28.3 Å². The number of guanidine groups is 1. The number of anilines is 5. The normalized spacial score (nSPS) is 12.1. The van der Waals surface area contributed by atoms with Crippen molar-refractivity contribution >= 4 is 86.4 Å². The molecule has 2 aliphatic heterocycles. The Balaban J connectivity index is -0.000000762. The number of halogens is 1. The van der Waals surface area contributed by atoms with Crippen molar-refractivity contribution in [1.82, 2.24) is 141 Å². The third-order valence-corrected chi connectivity index (χ3v) is 19.3. The number of carbonyl (C=O) groups is 1. The van der Waals surface area contributed by atoms with E-state index in [9.17, 15) is 66.7 Å². The van der Waals surface area contributed by atoms with E-state index in [2.05, 4.69) is 152 Å². The number of nitrogens with one attached hydrogen (secondary N) is 8. The number of hydrogen-bond acceptors (Lipinski definition) is 34. The SMILES string of the molecule is C.C.C.C.C.C.C.C.C.C/C=C/c1cn(C(C)C)c(=O)[nH]c1=O.CC(C)N1N=NC2C(=O)NC(=N)N=C21.CC(C)n1cc(F)c(=O)[nH]c1=O.CC(C)n1ccc(=O)[nH]c1=O.CC(C)n1ccc(N)nc1=O.CC(C)n1cnc(=O)[nH]c1=O.CC(C)n1cnc(N)nc1=O.CC(C)n1cnc2c(N)ccnc21.CC(C)n1cnc2c(N)ncnc21.CC(C)n1cnc2c(NC3CC3)ncnc21.Cc1cn(C(C)C)c(=O)[nH]c1=O. The van der Waals surface area contributed by atoms with E-state index in [4.69, 9.17) is 28.3 Å². The molecule has 51 nitrogen and oxygen atoms in total. The number of aromatic nitrogens is 27. The van der Waals surface area contributed by atoms with Gasteiger partial charge in [0.05, 0.1) is 42.5 Å². The first kappa shape index (κ1) is 137. The van der Waals surface area contributed by atoms with Gasteiger partial charge in [0.25, 0.3) is 28.1 Å². The Kier molecular flexibility index (Phi) is 58.6. The highest BCUT2D eigenvalue weighted by Gasteiger charge is 2.39. The number of nitrogen functional groups attached to an aromatic ring is 4. The molecule has 13 aromatic rings. The molecule has 0 saturated heterocycles. The third-order valence-electron chi connectivity index (χ3n) is 19.3. The zero-order valence-corrected chi connectivity index (χ0v) is 81.4. The van der Waals surface area contributed by atoms with E-state index in [0.29, 0.717) is 58.2 Å². The fraction of sp³-hybridized carbons (Fsp3) is 0.505. The fourth-order valence-corrected chi connectivity index (χ4v) is 11.7. The molecule has 15 heterocycles. The van der Waals surface area contributed by atoms with Crippen molar-refractivity contribution in [2.45, 2.75) is 324 Å². The number of rotatable bonds is 14. The highest BCUT2D eigenvalue weighted by atomic mass is 19.1. The highest BCUT2D eigenvalue weighted by molar-refractivity contribution is 6.19. The second-order valence-electron chi connectivity index (χ2n) is 33.8. The molecule has 13 aromatic heterocycles. The van der Waals surface area contributed by atoms with E-state index in [1.165, 1.54) is 71.5 Å². The Morgan fingerprint density at radius 2 is 0.857 bits per heavy atom. The van der Waals surface area contributed by atoms with E-state index in [0.717, 1.165) is 44.6 Å². The number of pyridine rings is 1. The Morgan fingerprint density at radius 3 is 1.33 bits per heavy atom. The summed E-state index contributed by atoms with van der Waals surface area (Å²) in [5.74, 6) is 0.596. The Bertz CT molecular complexity index is 6910. The molecule has 814 valence electrons. The van der Waals surface area contributed by atoms with Gasteiger partial charge in [-0.1, -0.05) is 84.2 Å². The molecule has 1 aliphatic carbocycles. The van der Waals surface area contributed by atoms with Gasteiger partial charge in [-0.2, -0.15) is 24.3 Å². The van der Waals surface area contributed by atoms with E-state index in [1.54, 1.807) is 93.8 Å². The van der Waals surface area contributed by atoms with E-state index >= 15 is 0 Å². The first-order chi connectivity index (χ1) is 64.8. The monoisotopic (exact) mass is 2060 g/mol. The van der Waals surface area contributed by atoms with Crippen LogP contribution in [-0.4, -0.2) is 171 Å². The van der Waals surface area contributed by atoms with Crippen molar-refractivity contribution in [2.24, 2.45) is 15.3 Å². The fourth-order valence-electron chi connectivity index (χ4n) is 11.7. The maximum Gasteiger partial charge on any atom is 0.352 e. The van der Waals surface area contributed by atoms with Crippen LogP contribution in [0.3, 0.4) is 0 Å². The molecule has 0 radical (unpaired) electrons. The maximum atomic E-state index is 12.6. The van der Waals surface area contributed by atoms with E-state index in [1.807, 2.05) is 124 Å². The van der Waals surface area contributed by atoms with Gasteiger partial charge in [0.2, 0.25) is 23.8 Å². The minimum atomic E-state index is -0.975. The van der Waals surface area contributed by atoms with E-state index < -0.39 is 34.5 Å². The summed E-state index contributed by atoms with van der Waals surface area (Å²) < 4.78 is 28.5. The number of carbonyl (C=O) groups excluding carboxylic acids is 1. The number of hydrogen-bond donors (Lipinski definition) is 12. The van der Waals surface area contributed by atoms with Gasteiger partial charge < -0.3 is 42.0 Å². The van der Waals surface area contributed by atoms with Crippen LogP contribution in [0.2, 0.25) is 0 Å². The standard InChI is InChI=1S/C11H15N5.C10H14N2O2.C9H12N4.C8H11N5.C8H12N2O2.C7H9FN2O2.C7H10N6O.C7H11N3O.C7H10N2O2.C6H10N4O.C6H9N3O2.9CH4/c1-7(2)16-6-14-9-10(15-8-3-4-8)12-5-13-11(9)16;1-4-5-8-6-12(7(2)3)10(14)11-9(8)13;1-6(2)13-5-12-8-7(10)3-4-11-9(8)13;1-5(2)13-4-12-6-7(9)10-3-11-8(6)13;1-5(2)10-4-6(3)7(11)9-8(10)12;1-4(2)10-3-5(8)6(11)9-7(10)12;1-3(2)13-5-4(11-12-13)6(14)10-7(8)9-5;1-5(2)10-4-3-6(8)9-7(10)11;1-5(2)9-4-3-6(10)8-7(9)11;1-4(2)10-3-8-5(7)9-6(10)11;1-4(2)9-3-7-5(10)8-6(9)11;;;;;;;;;/h5-8H,3-4H2,1-2H3,(H,12,13,15);4-7H,1-3H3,(H,11,13,14);3-6H,1-2H3,(H2,10,11);3-5H,1-2H3,(H2,9,10,11);4-5H,1-3H3,(H,9,11,12);3-4H,1-2H3,(H,9,11,12);3-4H,1-2H3,(H2,8,10,14);3-5H,1-2H3,(H2,8,9,11);3-5H,1-2H3,(H,8,10,11);3-4H,1-2H3,(H2,7,9,11);3-4H,1-2H3,(H,8,10,11);9*1H4/b;5-4+;;;;;;;;;;;;;;;;;;. The molecule has 1 saturated carbocycles. The van der Waals surface area contributed by atoms with Crippen molar-refractivity contribution < 1.29 is 9.18 Å². The number of aromatic amines is 5. The molecule has 16 rings (SSSR count). The molecule has 147 heavy (non-hydrogen) atoms. The summed E-state index contributed by atoms with van der Waals surface area (Å²) >= 11 is 0. The number of aliphatic imine (C=N–C) groups is 1. The van der Waals surface area contributed by atoms with Crippen molar-refractivity contribution in [3.63, 3.8) is 0 Å². The van der Waals surface area contributed by atoms with Crippen LogP contribution in [0.15, 0.2) is 179 Å². The van der Waals surface area contributed by atoms with Crippen LogP contribution in [0.5, 0.6) is 0 Å². The number of allylic oxidation sites excluding steroid dienone is 1. The molecule has 1 amide bonds. The van der Waals surface area contributed by atoms with Crippen LogP contribution >= 0.6 is 0 Å². The van der Waals surface area contributed by atoms with Gasteiger partial charge in [0.15, 0.2) is 34.4 Å². The lowest BCUT2D eigenvalue weighted by Gasteiger charge is -2.22. The molecule has 0 spiro atoms. The minimum Gasteiger partial charge on any atom is -0.397 e. The van der Waals surface area contributed by atoms with Crippen molar-refractivity contribution in [1.29, 1.82) is 5.41 Å². The van der Waals surface area contributed by atoms with Gasteiger partial charge in [0.1, 0.15) is 47.7 Å². The van der Waals surface area contributed by atoms with Gasteiger partial charge in [-0.05, 0) is 191 Å². The van der Waals surface area contributed by atoms with Crippen LogP contribution in [0.1, 0.15) is 310 Å². The summed E-state index contributed by atoms with van der Waals surface area (Å²) in [4.78, 5) is 205. The molecule has 1 atom stereocenters.